The van der Waals surface area contributed by atoms with Crippen molar-refractivity contribution in [3.8, 4) is 0 Å². The zero-order valence-corrected chi connectivity index (χ0v) is 15.8. The third-order valence-electron chi connectivity index (χ3n) is 3.59. The van der Waals surface area contributed by atoms with Gasteiger partial charge in [-0.25, -0.2) is 19.2 Å². The fourth-order valence-electron chi connectivity index (χ4n) is 2.44. The number of benzene rings is 1. The van der Waals surface area contributed by atoms with Crippen LogP contribution in [0.15, 0.2) is 30.5 Å². The van der Waals surface area contributed by atoms with Crippen LogP contribution in [0.2, 0.25) is 0 Å². The van der Waals surface area contributed by atoms with Crippen LogP contribution in [0.5, 0.6) is 0 Å². The number of amides is 1. The molecule has 0 radical (unpaired) electrons. The van der Waals surface area contributed by atoms with Crippen molar-refractivity contribution < 1.29 is 23.5 Å². The summed E-state index contributed by atoms with van der Waals surface area (Å²) in [6, 6.07) is 5.70. The molecular formula is C19H22F2N4O3. The number of hydrogen-bond acceptors (Lipinski definition) is 5. The minimum absolute atomic E-state index is 0.00455. The van der Waals surface area contributed by atoms with E-state index in [1.54, 1.807) is 13.0 Å². The number of hydrogen-bond donors (Lipinski definition) is 4. The number of hydroxylamine groups is 1. The minimum Gasteiger partial charge on any atom is -0.394 e. The third-order valence-corrected chi connectivity index (χ3v) is 3.59. The van der Waals surface area contributed by atoms with Crippen molar-refractivity contribution in [2.24, 2.45) is 0 Å². The van der Waals surface area contributed by atoms with Gasteiger partial charge in [0.05, 0.1) is 30.7 Å². The highest BCUT2D eigenvalue weighted by Gasteiger charge is 2.21. The fraction of sp³-hybridized carbons (Fsp3) is 0.263. The third kappa shape index (κ3) is 4.81. The van der Waals surface area contributed by atoms with Crippen LogP contribution in [0.25, 0.3) is 11.0 Å². The van der Waals surface area contributed by atoms with Gasteiger partial charge in [-0.1, -0.05) is 19.9 Å². The van der Waals surface area contributed by atoms with E-state index in [4.69, 9.17) is 9.94 Å². The van der Waals surface area contributed by atoms with Crippen molar-refractivity contribution in [2.75, 3.05) is 18.5 Å². The van der Waals surface area contributed by atoms with Gasteiger partial charge >= 0.3 is 0 Å². The predicted molar refractivity (Wildman–Crippen MR) is 102 cm³/mol. The molecule has 0 bridgehead atoms. The van der Waals surface area contributed by atoms with Gasteiger partial charge in [0, 0.05) is 5.39 Å². The van der Waals surface area contributed by atoms with Crippen LogP contribution in [-0.2, 0) is 4.84 Å². The normalized spacial score (nSPS) is 10.4. The van der Waals surface area contributed by atoms with Gasteiger partial charge in [-0.2, -0.15) is 0 Å². The Kier molecular flexibility index (Phi) is 7.42. The van der Waals surface area contributed by atoms with E-state index in [2.05, 4.69) is 20.8 Å². The molecule has 28 heavy (non-hydrogen) atoms. The molecule has 0 unspecified atom stereocenters. The largest absolute Gasteiger partial charge is 0.394 e. The Hall–Kier alpha value is -3.04. The molecule has 3 rings (SSSR count). The molecule has 0 atom stereocenters. The molecule has 0 spiro atoms. The van der Waals surface area contributed by atoms with Crippen molar-refractivity contribution in [3.05, 3.63) is 53.2 Å². The van der Waals surface area contributed by atoms with Gasteiger partial charge in [-0.15, -0.1) is 0 Å². The van der Waals surface area contributed by atoms with Gasteiger partial charge in [0.25, 0.3) is 5.91 Å². The number of carbonyl (C=O) groups is 1. The topological polar surface area (TPSA) is 99.3 Å². The first-order valence-corrected chi connectivity index (χ1v) is 8.73. The summed E-state index contributed by atoms with van der Waals surface area (Å²) >= 11 is 0. The molecule has 2 heterocycles. The molecule has 1 amide bonds. The molecule has 1 aromatic carbocycles. The van der Waals surface area contributed by atoms with Gasteiger partial charge in [-0.05, 0) is 30.7 Å². The number of nitrogens with zero attached hydrogens (tertiary/aromatic N) is 1. The lowest BCUT2D eigenvalue weighted by Crippen LogP contribution is -2.25. The van der Waals surface area contributed by atoms with E-state index in [-0.39, 0.29) is 41.3 Å². The van der Waals surface area contributed by atoms with Crippen LogP contribution < -0.4 is 10.8 Å². The molecule has 0 saturated carbocycles. The number of aromatic nitrogens is 2. The van der Waals surface area contributed by atoms with Gasteiger partial charge in [0.15, 0.2) is 0 Å². The number of fused-ring (bicyclic) bond motifs is 1. The number of pyridine rings is 1. The number of aryl methyl sites for hydroxylation is 1. The van der Waals surface area contributed by atoms with Crippen molar-refractivity contribution in [3.63, 3.8) is 0 Å². The lowest BCUT2D eigenvalue weighted by Gasteiger charge is -2.10. The summed E-state index contributed by atoms with van der Waals surface area (Å²) in [5.41, 5.74) is 3.27. The second-order valence-corrected chi connectivity index (χ2v) is 5.54. The smallest absolute Gasteiger partial charge is 0.279 e. The van der Waals surface area contributed by atoms with Crippen molar-refractivity contribution in [1.29, 1.82) is 0 Å². The number of aliphatic hydroxyl groups excluding tert-OH is 1. The molecule has 0 saturated heterocycles. The van der Waals surface area contributed by atoms with E-state index in [9.17, 15) is 13.6 Å². The van der Waals surface area contributed by atoms with Crippen LogP contribution >= 0.6 is 0 Å². The summed E-state index contributed by atoms with van der Waals surface area (Å²) in [5, 5.41) is 11.7. The minimum atomic E-state index is -0.702. The van der Waals surface area contributed by atoms with Crippen LogP contribution in [0.3, 0.4) is 0 Å². The van der Waals surface area contributed by atoms with Gasteiger partial charge in [0.1, 0.15) is 23.1 Å². The van der Waals surface area contributed by atoms with E-state index in [0.717, 1.165) is 17.8 Å². The van der Waals surface area contributed by atoms with Crippen LogP contribution in [0.4, 0.5) is 20.3 Å². The van der Waals surface area contributed by atoms with E-state index in [0.29, 0.717) is 0 Å². The summed E-state index contributed by atoms with van der Waals surface area (Å²) < 4.78 is 27.7. The zero-order chi connectivity index (χ0) is 20.7. The lowest BCUT2D eigenvalue weighted by molar-refractivity contribution is 0.0170. The van der Waals surface area contributed by atoms with E-state index < -0.39 is 17.5 Å². The number of aliphatic hydroxyl groups is 1. The van der Waals surface area contributed by atoms with Crippen LogP contribution in [0, 0.1) is 18.6 Å². The van der Waals surface area contributed by atoms with Crippen LogP contribution in [0.1, 0.15) is 29.8 Å². The highest BCUT2D eigenvalue weighted by molar-refractivity contribution is 6.11. The standard InChI is InChI=1S/C17H16F2N4O3.C2H6/c1-9-2-3-13(12(19)6-9)21-16-14(17(25)23-26-5-4-24)11-7-10(18)8-20-15(11)22-16;1-2/h2-3,6-8,21,24H,4-5H2,1H3,(H,20,22)(H,23,25);1-2H3. The maximum atomic E-state index is 14.1. The van der Waals surface area contributed by atoms with Gasteiger partial charge in [-0.3, -0.25) is 9.63 Å². The average Bonchev–Trinajstić information content (AvgIpc) is 3.03. The van der Waals surface area contributed by atoms with Crippen molar-refractivity contribution in [1.82, 2.24) is 15.4 Å². The molecular weight excluding hydrogens is 370 g/mol. The highest BCUT2D eigenvalue weighted by Crippen LogP contribution is 2.29. The molecule has 150 valence electrons. The summed E-state index contributed by atoms with van der Waals surface area (Å²) in [5.74, 6) is -1.71. The number of carbonyl (C=O) groups excluding carboxylic acids is 1. The van der Waals surface area contributed by atoms with E-state index in [1.807, 2.05) is 13.8 Å². The van der Waals surface area contributed by atoms with Gasteiger partial charge < -0.3 is 15.4 Å². The number of aromatic amines is 1. The highest BCUT2D eigenvalue weighted by atomic mass is 19.1. The molecule has 3 aromatic rings. The zero-order valence-electron chi connectivity index (χ0n) is 15.8. The second kappa shape index (κ2) is 9.77. The van der Waals surface area contributed by atoms with E-state index >= 15 is 0 Å². The molecule has 4 N–H and O–H groups in total. The molecule has 0 fully saturated rings. The Labute approximate surface area is 160 Å². The molecule has 7 nitrogen and oxygen atoms in total. The number of rotatable bonds is 6. The quantitative estimate of drug-likeness (QED) is 0.380. The first-order valence-electron chi connectivity index (χ1n) is 8.73. The molecule has 0 aliphatic heterocycles. The maximum absolute atomic E-state index is 14.1. The molecule has 0 aliphatic carbocycles. The predicted octanol–water partition coefficient (Wildman–Crippen LogP) is 3.57. The van der Waals surface area contributed by atoms with Crippen LogP contribution in [-0.4, -0.2) is 34.2 Å². The van der Waals surface area contributed by atoms with E-state index in [1.165, 1.54) is 12.1 Å². The Morgan fingerprint density at radius 2 is 2.04 bits per heavy atom. The Bertz CT molecular complexity index is 960. The van der Waals surface area contributed by atoms with Crippen molar-refractivity contribution in [2.45, 2.75) is 20.8 Å². The SMILES string of the molecule is CC.Cc1ccc(Nc2[nH]c3ncc(F)cc3c2C(=O)NOCCO)c(F)c1. The second-order valence-electron chi connectivity index (χ2n) is 5.54. The summed E-state index contributed by atoms with van der Waals surface area (Å²) in [7, 11) is 0. The first kappa shape index (κ1) is 21.3. The number of H-pyrrole nitrogens is 1. The molecule has 9 heteroatoms. The number of halogens is 2. The Morgan fingerprint density at radius 3 is 2.71 bits per heavy atom. The number of nitrogens with one attached hydrogen (secondary N) is 3. The Balaban J connectivity index is 0.00000136. The van der Waals surface area contributed by atoms with Gasteiger partial charge in [0.2, 0.25) is 0 Å². The molecule has 2 aromatic heterocycles. The number of anilines is 2. The molecule has 0 aliphatic rings. The monoisotopic (exact) mass is 392 g/mol. The summed E-state index contributed by atoms with van der Waals surface area (Å²) in [6.45, 7) is 5.35. The summed E-state index contributed by atoms with van der Waals surface area (Å²) in [4.78, 5) is 24.0. The van der Waals surface area contributed by atoms with Crippen molar-refractivity contribution >= 4 is 28.4 Å². The Morgan fingerprint density at radius 1 is 1.29 bits per heavy atom. The maximum Gasteiger partial charge on any atom is 0.279 e. The average molecular weight is 392 g/mol. The summed E-state index contributed by atoms with van der Waals surface area (Å²) in [6.07, 6.45) is 0.999. The fourth-order valence-corrected chi connectivity index (χ4v) is 2.44. The lowest BCUT2D eigenvalue weighted by atomic mass is 10.2. The first-order chi connectivity index (χ1) is 13.5.